The summed E-state index contributed by atoms with van der Waals surface area (Å²) >= 11 is 0. The second-order valence-electron chi connectivity index (χ2n) is 4.07. The van der Waals surface area contributed by atoms with Crippen molar-refractivity contribution in [2.75, 3.05) is 44.2 Å². The molecule has 1 aliphatic rings. The van der Waals surface area contributed by atoms with Crippen molar-refractivity contribution < 1.29 is 4.39 Å². The molecule has 5 heteroatoms. The van der Waals surface area contributed by atoms with Crippen LogP contribution in [-0.4, -0.2) is 44.2 Å². The van der Waals surface area contributed by atoms with Crippen LogP contribution in [-0.2, 0) is 0 Å². The SMILES string of the molecule is Cl.NCCN1CCN(c2ccccc2F)CC1. The van der Waals surface area contributed by atoms with Gasteiger partial charge in [-0.2, -0.15) is 0 Å². The summed E-state index contributed by atoms with van der Waals surface area (Å²) in [6.45, 7) is 5.31. The molecule has 1 heterocycles. The first-order chi connectivity index (χ1) is 7.81. The molecule has 2 rings (SSSR count). The maximum Gasteiger partial charge on any atom is 0.146 e. The van der Waals surface area contributed by atoms with Crippen LogP contribution in [0.5, 0.6) is 0 Å². The third-order valence-electron chi connectivity index (χ3n) is 3.01. The van der Waals surface area contributed by atoms with Gasteiger partial charge < -0.3 is 10.6 Å². The van der Waals surface area contributed by atoms with Crippen LogP contribution in [0.1, 0.15) is 0 Å². The standard InChI is InChI=1S/C12H18FN3.ClH/c13-11-3-1-2-4-12(11)16-9-7-15(6-5-14)8-10-16;/h1-4H,5-10,14H2;1H. The number of anilines is 1. The molecule has 1 saturated heterocycles. The van der Waals surface area contributed by atoms with E-state index >= 15 is 0 Å². The van der Waals surface area contributed by atoms with Crippen LogP contribution in [0.3, 0.4) is 0 Å². The Morgan fingerprint density at radius 3 is 2.35 bits per heavy atom. The van der Waals surface area contributed by atoms with Crippen LogP contribution in [0.4, 0.5) is 10.1 Å². The van der Waals surface area contributed by atoms with Gasteiger partial charge >= 0.3 is 0 Å². The predicted molar refractivity (Wildman–Crippen MR) is 71.4 cm³/mol. The quantitative estimate of drug-likeness (QED) is 0.889. The van der Waals surface area contributed by atoms with Crippen LogP contribution < -0.4 is 10.6 Å². The molecule has 0 aliphatic carbocycles. The van der Waals surface area contributed by atoms with Crippen molar-refractivity contribution in [3.63, 3.8) is 0 Å². The van der Waals surface area contributed by atoms with Crippen molar-refractivity contribution in [1.82, 2.24) is 4.90 Å². The van der Waals surface area contributed by atoms with Gasteiger partial charge in [-0.05, 0) is 12.1 Å². The first-order valence-electron chi connectivity index (χ1n) is 5.73. The minimum absolute atomic E-state index is 0. The lowest BCUT2D eigenvalue weighted by Gasteiger charge is -2.35. The monoisotopic (exact) mass is 259 g/mol. The minimum Gasteiger partial charge on any atom is -0.367 e. The number of para-hydroxylation sites is 1. The van der Waals surface area contributed by atoms with E-state index in [1.807, 2.05) is 12.1 Å². The van der Waals surface area contributed by atoms with Crippen molar-refractivity contribution in [2.45, 2.75) is 0 Å². The van der Waals surface area contributed by atoms with E-state index in [-0.39, 0.29) is 18.2 Å². The van der Waals surface area contributed by atoms with Gasteiger partial charge in [-0.1, -0.05) is 12.1 Å². The highest BCUT2D eigenvalue weighted by atomic mass is 35.5. The Hall–Kier alpha value is -0.840. The van der Waals surface area contributed by atoms with E-state index in [1.165, 1.54) is 6.07 Å². The van der Waals surface area contributed by atoms with E-state index in [1.54, 1.807) is 6.07 Å². The Morgan fingerprint density at radius 1 is 1.12 bits per heavy atom. The van der Waals surface area contributed by atoms with E-state index in [4.69, 9.17) is 5.73 Å². The molecule has 3 nitrogen and oxygen atoms in total. The molecule has 1 aliphatic heterocycles. The molecule has 1 aromatic rings. The summed E-state index contributed by atoms with van der Waals surface area (Å²) in [7, 11) is 0. The summed E-state index contributed by atoms with van der Waals surface area (Å²) in [5.41, 5.74) is 6.23. The van der Waals surface area contributed by atoms with Gasteiger partial charge in [0.2, 0.25) is 0 Å². The molecular formula is C12H19ClFN3. The summed E-state index contributed by atoms with van der Waals surface area (Å²) in [5, 5.41) is 0. The van der Waals surface area contributed by atoms with Crippen molar-refractivity contribution in [3.05, 3.63) is 30.1 Å². The van der Waals surface area contributed by atoms with Gasteiger partial charge in [0.15, 0.2) is 0 Å². The van der Waals surface area contributed by atoms with Gasteiger partial charge in [-0.25, -0.2) is 4.39 Å². The molecule has 96 valence electrons. The Kier molecular flexibility index (Phi) is 5.68. The number of hydrogen-bond donors (Lipinski definition) is 1. The zero-order valence-electron chi connectivity index (χ0n) is 9.81. The molecule has 0 amide bonds. The van der Waals surface area contributed by atoms with Gasteiger partial charge in [0.1, 0.15) is 5.82 Å². The zero-order chi connectivity index (χ0) is 11.4. The summed E-state index contributed by atoms with van der Waals surface area (Å²) in [5.74, 6) is -0.130. The summed E-state index contributed by atoms with van der Waals surface area (Å²) in [4.78, 5) is 4.42. The average Bonchev–Trinajstić information content (AvgIpc) is 2.31. The third-order valence-corrected chi connectivity index (χ3v) is 3.01. The second-order valence-corrected chi connectivity index (χ2v) is 4.07. The molecule has 0 unspecified atom stereocenters. The van der Waals surface area contributed by atoms with Crippen LogP contribution in [0.2, 0.25) is 0 Å². The molecule has 0 spiro atoms. The molecule has 2 N–H and O–H groups in total. The van der Waals surface area contributed by atoms with Crippen LogP contribution >= 0.6 is 12.4 Å². The van der Waals surface area contributed by atoms with Gasteiger partial charge in [-0.3, -0.25) is 4.90 Å². The first-order valence-corrected chi connectivity index (χ1v) is 5.73. The van der Waals surface area contributed by atoms with Crippen molar-refractivity contribution in [2.24, 2.45) is 5.73 Å². The van der Waals surface area contributed by atoms with Crippen LogP contribution in [0, 0.1) is 5.82 Å². The van der Waals surface area contributed by atoms with Gasteiger partial charge in [-0.15, -0.1) is 12.4 Å². The number of piperazine rings is 1. The maximum absolute atomic E-state index is 13.5. The second kappa shape index (κ2) is 6.79. The Bertz CT molecular complexity index is 340. The molecule has 0 aromatic heterocycles. The Balaban J connectivity index is 0.00000144. The normalized spacial score (nSPS) is 16.7. The number of nitrogens with zero attached hydrogens (tertiary/aromatic N) is 2. The molecule has 0 radical (unpaired) electrons. The molecule has 17 heavy (non-hydrogen) atoms. The number of halogens is 2. The maximum atomic E-state index is 13.5. The minimum atomic E-state index is -0.130. The smallest absolute Gasteiger partial charge is 0.146 e. The topological polar surface area (TPSA) is 32.5 Å². The summed E-state index contributed by atoms with van der Waals surface area (Å²) < 4.78 is 13.5. The molecule has 0 saturated carbocycles. The highest BCUT2D eigenvalue weighted by Crippen LogP contribution is 2.19. The summed E-state index contributed by atoms with van der Waals surface area (Å²) in [6, 6.07) is 6.96. The largest absolute Gasteiger partial charge is 0.367 e. The lowest BCUT2D eigenvalue weighted by atomic mass is 10.2. The van der Waals surface area contributed by atoms with E-state index < -0.39 is 0 Å². The van der Waals surface area contributed by atoms with Gasteiger partial charge in [0.05, 0.1) is 5.69 Å². The highest BCUT2D eigenvalue weighted by molar-refractivity contribution is 5.85. The van der Waals surface area contributed by atoms with Gasteiger partial charge in [0.25, 0.3) is 0 Å². The fraction of sp³-hybridized carbons (Fsp3) is 0.500. The molecular weight excluding hydrogens is 241 g/mol. The summed E-state index contributed by atoms with van der Waals surface area (Å²) in [6.07, 6.45) is 0. The fourth-order valence-corrected chi connectivity index (χ4v) is 2.10. The molecule has 0 bridgehead atoms. The number of hydrogen-bond acceptors (Lipinski definition) is 3. The zero-order valence-corrected chi connectivity index (χ0v) is 10.6. The van der Waals surface area contributed by atoms with Crippen molar-refractivity contribution in [3.8, 4) is 0 Å². The Labute approximate surface area is 108 Å². The van der Waals surface area contributed by atoms with Crippen LogP contribution in [0.25, 0.3) is 0 Å². The number of rotatable bonds is 3. The first kappa shape index (κ1) is 14.2. The lowest BCUT2D eigenvalue weighted by Crippen LogP contribution is -2.48. The highest BCUT2D eigenvalue weighted by Gasteiger charge is 2.18. The van der Waals surface area contributed by atoms with E-state index in [9.17, 15) is 4.39 Å². The molecule has 1 aromatic carbocycles. The fourth-order valence-electron chi connectivity index (χ4n) is 2.10. The predicted octanol–water partition coefficient (Wildman–Crippen LogP) is 1.33. The van der Waals surface area contributed by atoms with Crippen molar-refractivity contribution in [1.29, 1.82) is 0 Å². The number of nitrogens with two attached hydrogens (primary N) is 1. The molecule has 1 fully saturated rings. The van der Waals surface area contributed by atoms with Crippen LogP contribution in [0.15, 0.2) is 24.3 Å². The van der Waals surface area contributed by atoms with E-state index in [0.717, 1.165) is 38.4 Å². The third kappa shape index (κ3) is 3.56. The van der Waals surface area contributed by atoms with Gasteiger partial charge in [0, 0.05) is 39.3 Å². The van der Waals surface area contributed by atoms with E-state index in [0.29, 0.717) is 6.54 Å². The lowest BCUT2D eigenvalue weighted by molar-refractivity contribution is 0.264. The average molecular weight is 260 g/mol. The number of benzene rings is 1. The Morgan fingerprint density at radius 2 is 1.76 bits per heavy atom. The van der Waals surface area contributed by atoms with E-state index in [2.05, 4.69) is 9.80 Å². The molecule has 0 atom stereocenters. The van der Waals surface area contributed by atoms with Crippen molar-refractivity contribution >= 4 is 18.1 Å².